The molecule has 17 heavy (non-hydrogen) atoms. The lowest BCUT2D eigenvalue weighted by Crippen LogP contribution is -2.22. The molecule has 1 aliphatic carbocycles. The number of hydrogen-bond acceptors (Lipinski definition) is 3. The van der Waals surface area contributed by atoms with E-state index >= 15 is 0 Å². The van der Waals surface area contributed by atoms with Crippen molar-refractivity contribution in [1.29, 1.82) is 0 Å². The van der Waals surface area contributed by atoms with Crippen LogP contribution in [0, 0.1) is 12.8 Å². The number of nitrogens with one attached hydrogen (secondary N) is 1. The van der Waals surface area contributed by atoms with Gasteiger partial charge < -0.3 is 9.73 Å². The van der Waals surface area contributed by atoms with Gasteiger partial charge in [-0.15, -0.1) is 0 Å². The molecule has 0 bridgehead atoms. The van der Waals surface area contributed by atoms with Gasteiger partial charge >= 0.3 is 0 Å². The third-order valence-electron chi connectivity index (χ3n) is 3.74. The van der Waals surface area contributed by atoms with Gasteiger partial charge in [-0.1, -0.05) is 32.1 Å². The molecule has 0 spiro atoms. The van der Waals surface area contributed by atoms with Crippen molar-refractivity contribution < 1.29 is 4.42 Å². The van der Waals surface area contributed by atoms with E-state index in [0.29, 0.717) is 0 Å². The fourth-order valence-corrected chi connectivity index (χ4v) is 2.64. The van der Waals surface area contributed by atoms with Crippen molar-refractivity contribution in [2.75, 3.05) is 6.54 Å². The zero-order chi connectivity index (χ0) is 12.1. The van der Waals surface area contributed by atoms with Crippen LogP contribution in [-0.2, 0) is 0 Å². The summed E-state index contributed by atoms with van der Waals surface area (Å²) in [6, 6.07) is 0.229. The van der Waals surface area contributed by atoms with Crippen molar-refractivity contribution in [3.05, 3.63) is 17.8 Å². The lowest BCUT2D eigenvalue weighted by Gasteiger charge is -2.22. The maximum Gasteiger partial charge on any atom is 0.211 e. The zero-order valence-electron chi connectivity index (χ0n) is 11.0. The van der Waals surface area contributed by atoms with Gasteiger partial charge in [-0.3, -0.25) is 0 Å². The van der Waals surface area contributed by atoms with Crippen LogP contribution in [0.2, 0.25) is 0 Å². The summed E-state index contributed by atoms with van der Waals surface area (Å²) in [5.74, 6) is 2.64. The van der Waals surface area contributed by atoms with Gasteiger partial charge in [0.2, 0.25) is 5.89 Å². The molecular formula is C14H24N2O. The predicted octanol–water partition coefficient (Wildman–Crippen LogP) is 3.60. The SMILES string of the molecule is Cc1cnc(C(C)NCCC2CCCCC2)o1. The van der Waals surface area contributed by atoms with Crippen molar-refractivity contribution >= 4 is 0 Å². The van der Waals surface area contributed by atoms with Crippen molar-refractivity contribution in [1.82, 2.24) is 10.3 Å². The Kier molecular flexibility index (Phi) is 4.60. The number of hydrogen-bond donors (Lipinski definition) is 1. The Morgan fingerprint density at radius 2 is 2.18 bits per heavy atom. The Morgan fingerprint density at radius 3 is 2.82 bits per heavy atom. The molecule has 0 saturated heterocycles. The Morgan fingerprint density at radius 1 is 1.41 bits per heavy atom. The largest absolute Gasteiger partial charge is 0.444 e. The minimum atomic E-state index is 0.229. The molecule has 0 radical (unpaired) electrons. The standard InChI is InChI=1S/C14H24N2O/c1-11-10-16-14(17-11)12(2)15-9-8-13-6-4-3-5-7-13/h10,12-13,15H,3-9H2,1-2H3. The van der Waals surface area contributed by atoms with Gasteiger partial charge in [0.25, 0.3) is 0 Å². The maximum atomic E-state index is 5.51. The minimum absolute atomic E-state index is 0.229. The molecule has 3 nitrogen and oxygen atoms in total. The van der Waals surface area contributed by atoms with Gasteiger partial charge in [0, 0.05) is 0 Å². The lowest BCUT2D eigenvalue weighted by molar-refractivity contribution is 0.322. The lowest BCUT2D eigenvalue weighted by atomic mass is 9.87. The molecule has 96 valence electrons. The number of aryl methyl sites for hydroxylation is 1. The molecule has 1 fully saturated rings. The van der Waals surface area contributed by atoms with Crippen LogP contribution in [0.25, 0.3) is 0 Å². The molecule has 1 atom stereocenters. The van der Waals surface area contributed by atoms with Crippen LogP contribution in [0.3, 0.4) is 0 Å². The van der Waals surface area contributed by atoms with Crippen LogP contribution in [0.15, 0.2) is 10.6 Å². The monoisotopic (exact) mass is 236 g/mol. The second-order valence-electron chi connectivity index (χ2n) is 5.28. The highest BCUT2D eigenvalue weighted by atomic mass is 16.4. The van der Waals surface area contributed by atoms with Gasteiger partial charge in [0.15, 0.2) is 0 Å². The molecule has 0 aliphatic heterocycles. The topological polar surface area (TPSA) is 38.1 Å². The minimum Gasteiger partial charge on any atom is -0.444 e. The Labute approximate surface area is 104 Å². The van der Waals surface area contributed by atoms with E-state index in [0.717, 1.165) is 24.1 Å². The third-order valence-corrected chi connectivity index (χ3v) is 3.74. The fraction of sp³-hybridized carbons (Fsp3) is 0.786. The van der Waals surface area contributed by atoms with Crippen LogP contribution < -0.4 is 5.32 Å². The summed E-state index contributed by atoms with van der Waals surface area (Å²) in [4.78, 5) is 4.25. The van der Waals surface area contributed by atoms with Crippen LogP contribution in [0.1, 0.15) is 63.1 Å². The molecule has 1 aromatic heterocycles. The second-order valence-corrected chi connectivity index (χ2v) is 5.28. The van der Waals surface area contributed by atoms with Gasteiger partial charge in [-0.25, -0.2) is 4.98 Å². The maximum absolute atomic E-state index is 5.51. The average Bonchev–Trinajstić information content (AvgIpc) is 2.77. The molecule has 3 heteroatoms. The molecule has 0 amide bonds. The van der Waals surface area contributed by atoms with Crippen LogP contribution in [0.4, 0.5) is 0 Å². The van der Waals surface area contributed by atoms with E-state index in [4.69, 9.17) is 4.42 Å². The Bertz CT molecular complexity index is 329. The summed E-state index contributed by atoms with van der Waals surface area (Å²) in [7, 11) is 0. The predicted molar refractivity (Wildman–Crippen MR) is 68.8 cm³/mol. The second kappa shape index (κ2) is 6.20. The van der Waals surface area contributed by atoms with Crippen molar-refractivity contribution in [3.8, 4) is 0 Å². The first-order valence-electron chi connectivity index (χ1n) is 6.91. The van der Waals surface area contributed by atoms with Gasteiger partial charge in [0.05, 0.1) is 12.2 Å². The third kappa shape index (κ3) is 3.84. The highest BCUT2D eigenvalue weighted by molar-refractivity contribution is 4.94. The highest BCUT2D eigenvalue weighted by Gasteiger charge is 2.14. The number of nitrogens with zero attached hydrogens (tertiary/aromatic N) is 1. The number of oxazole rings is 1. The summed E-state index contributed by atoms with van der Waals surface area (Å²) < 4.78 is 5.51. The molecule has 1 unspecified atom stereocenters. The smallest absolute Gasteiger partial charge is 0.211 e. The number of aromatic nitrogens is 1. The summed E-state index contributed by atoms with van der Waals surface area (Å²) in [5.41, 5.74) is 0. The summed E-state index contributed by atoms with van der Waals surface area (Å²) >= 11 is 0. The van der Waals surface area contributed by atoms with E-state index in [1.807, 2.05) is 6.92 Å². The molecule has 1 N–H and O–H groups in total. The molecule has 1 heterocycles. The number of rotatable bonds is 5. The molecule has 0 aromatic carbocycles. The fourth-order valence-electron chi connectivity index (χ4n) is 2.64. The molecule has 1 saturated carbocycles. The van der Waals surface area contributed by atoms with Gasteiger partial charge in [0.1, 0.15) is 5.76 Å². The van der Waals surface area contributed by atoms with Crippen LogP contribution in [-0.4, -0.2) is 11.5 Å². The van der Waals surface area contributed by atoms with E-state index in [1.54, 1.807) is 6.20 Å². The van der Waals surface area contributed by atoms with Gasteiger partial charge in [-0.2, -0.15) is 0 Å². The molecular weight excluding hydrogens is 212 g/mol. The quantitative estimate of drug-likeness (QED) is 0.848. The van der Waals surface area contributed by atoms with E-state index in [1.165, 1.54) is 38.5 Å². The van der Waals surface area contributed by atoms with Crippen LogP contribution >= 0.6 is 0 Å². The van der Waals surface area contributed by atoms with Crippen molar-refractivity contribution in [3.63, 3.8) is 0 Å². The van der Waals surface area contributed by atoms with Crippen LogP contribution in [0.5, 0.6) is 0 Å². The van der Waals surface area contributed by atoms with Crippen molar-refractivity contribution in [2.24, 2.45) is 5.92 Å². The molecule has 2 rings (SSSR count). The van der Waals surface area contributed by atoms with E-state index in [2.05, 4.69) is 17.2 Å². The first-order valence-corrected chi connectivity index (χ1v) is 6.91. The van der Waals surface area contributed by atoms with E-state index < -0.39 is 0 Å². The molecule has 1 aliphatic rings. The first-order chi connectivity index (χ1) is 8.25. The average molecular weight is 236 g/mol. The van der Waals surface area contributed by atoms with Gasteiger partial charge in [-0.05, 0) is 32.7 Å². The Balaban J connectivity index is 1.67. The normalized spacial score (nSPS) is 19.4. The highest BCUT2D eigenvalue weighted by Crippen LogP contribution is 2.26. The molecule has 1 aromatic rings. The summed E-state index contributed by atoms with van der Waals surface area (Å²) in [5, 5.41) is 3.50. The summed E-state index contributed by atoms with van der Waals surface area (Å²) in [6.45, 7) is 5.13. The van der Waals surface area contributed by atoms with E-state index in [-0.39, 0.29) is 6.04 Å². The summed E-state index contributed by atoms with van der Waals surface area (Å²) in [6.07, 6.45) is 10.2. The van der Waals surface area contributed by atoms with Crippen molar-refractivity contribution in [2.45, 2.75) is 58.4 Å². The van der Waals surface area contributed by atoms with E-state index in [9.17, 15) is 0 Å². The Hall–Kier alpha value is -0.830. The first kappa shape index (κ1) is 12.6. The zero-order valence-corrected chi connectivity index (χ0v) is 11.0.